The van der Waals surface area contributed by atoms with E-state index in [2.05, 4.69) is 20.7 Å². The number of halogens is 2. The zero-order valence-corrected chi connectivity index (χ0v) is 20.7. The molecule has 0 saturated heterocycles. The molecule has 190 valence electrons. The van der Waals surface area contributed by atoms with E-state index in [1.165, 1.54) is 6.07 Å². The molecule has 2 N–H and O–H groups in total. The van der Waals surface area contributed by atoms with Gasteiger partial charge in [-0.25, -0.2) is 13.6 Å². The zero-order valence-electron chi connectivity index (χ0n) is 20.7. The van der Waals surface area contributed by atoms with Crippen molar-refractivity contribution in [3.8, 4) is 0 Å². The molecule has 0 radical (unpaired) electrons. The molecule has 0 fully saturated rings. The van der Waals surface area contributed by atoms with Crippen molar-refractivity contribution < 1.29 is 23.1 Å². The minimum absolute atomic E-state index is 0.0584. The third-order valence-electron chi connectivity index (χ3n) is 5.54. The van der Waals surface area contributed by atoms with Gasteiger partial charge in [0.25, 0.3) is 5.91 Å². The Morgan fingerprint density at radius 3 is 2.33 bits per heavy atom. The van der Waals surface area contributed by atoms with Crippen molar-refractivity contribution in [2.45, 2.75) is 40.7 Å². The van der Waals surface area contributed by atoms with Crippen molar-refractivity contribution in [3.63, 3.8) is 0 Å². The van der Waals surface area contributed by atoms with Crippen molar-refractivity contribution in [2.24, 2.45) is 4.99 Å². The molecule has 0 aliphatic carbocycles. The van der Waals surface area contributed by atoms with Gasteiger partial charge in [0.1, 0.15) is 0 Å². The molecule has 10 heteroatoms. The molecule has 0 aliphatic heterocycles. The second kappa shape index (κ2) is 12.1. The molecule has 0 aliphatic rings. The number of amides is 1. The zero-order chi connectivity index (χ0) is 26.2. The van der Waals surface area contributed by atoms with Crippen LogP contribution in [0.5, 0.6) is 0 Å². The van der Waals surface area contributed by atoms with Gasteiger partial charge in [0.2, 0.25) is 5.96 Å². The average molecular weight is 498 g/mol. The Hall–Kier alpha value is -4.08. The first-order valence-electron chi connectivity index (χ1n) is 11.6. The number of nitrogens with one attached hydrogen (secondary N) is 2. The van der Waals surface area contributed by atoms with Crippen molar-refractivity contribution >= 4 is 23.5 Å². The number of aliphatic imine (C=N–C) groups is 1. The number of ether oxygens (including phenoxy) is 1. The molecule has 8 nitrogen and oxygen atoms in total. The van der Waals surface area contributed by atoms with Crippen LogP contribution >= 0.6 is 0 Å². The van der Waals surface area contributed by atoms with Crippen LogP contribution in [0, 0.1) is 25.5 Å². The second-order valence-corrected chi connectivity index (χ2v) is 7.95. The predicted octanol–water partition coefficient (Wildman–Crippen LogP) is 4.42. The largest absolute Gasteiger partial charge is 0.462 e. The van der Waals surface area contributed by atoms with Gasteiger partial charge in [-0.3, -0.25) is 19.8 Å². The lowest BCUT2D eigenvalue weighted by molar-refractivity contribution is 0.0526. The molecule has 0 spiro atoms. The van der Waals surface area contributed by atoms with E-state index in [4.69, 9.17) is 4.74 Å². The number of carbonyl (C=O) groups excluding carboxylic acids is 2. The monoisotopic (exact) mass is 497 g/mol. The number of esters is 1. The molecule has 1 amide bonds. The summed E-state index contributed by atoms with van der Waals surface area (Å²) in [7, 11) is 0. The van der Waals surface area contributed by atoms with Crippen LogP contribution < -0.4 is 10.6 Å². The molecular formula is C26H29F2N5O3. The Morgan fingerprint density at radius 2 is 1.72 bits per heavy atom. The van der Waals surface area contributed by atoms with Gasteiger partial charge in [0.05, 0.1) is 17.9 Å². The number of hydrogen-bond acceptors (Lipinski definition) is 5. The Bertz CT molecular complexity index is 1270. The van der Waals surface area contributed by atoms with Gasteiger partial charge in [-0.2, -0.15) is 5.10 Å². The summed E-state index contributed by atoms with van der Waals surface area (Å²) >= 11 is 0. The fourth-order valence-corrected chi connectivity index (χ4v) is 3.65. The summed E-state index contributed by atoms with van der Waals surface area (Å²) < 4.78 is 33.8. The van der Waals surface area contributed by atoms with Gasteiger partial charge in [-0.1, -0.05) is 0 Å². The lowest BCUT2D eigenvalue weighted by Gasteiger charge is -2.13. The van der Waals surface area contributed by atoms with Crippen LogP contribution in [0.15, 0.2) is 47.5 Å². The van der Waals surface area contributed by atoms with Gasteiger partial charge in [0.15, 0.2) is 11.6 Å². The van der Waals surface area contributed by atoms with E-state index in [-0.39, 0.29) is 18.1 Å². The topological polar surface area (TPSA) is 97.6 Å². The normalized spacial score (nSPS) is 11.3. The molecule has 3 aromatic rings. The number of benzene rings is 2. The maximum Gasteiger partial charge on any atom is 0.338 e. The first kappa shape index (κ1) is 26.5. The molecule has 1 aromatic heterocycles. The Kier molecular flexibility index (Phi) is 8.88. The van der Waals surface area contributed by atoms with Gasteiger partial charge >= 0.3 is 5.97 Å². The van der Waals surface area contributed by atoms with E-state index in [1.807, 2.05) is 25.5 Å². The fourth-order valence-electron chi connectivity index (χ4n) is 3.65. The van der Waals surface area contributed by atoms with Crippen LogP contribution in [0.2, 0.25) is 0 Å². The molecule has 0 saturated carbocycles. The third kappa shape index (κ3) is 6.53. The molecule has 0 atom stereocenters. The minimum Gasteiger partial charge on any atom is -0.462 e. The van der Waals surface area contributed by atoms with E-state index >= 15 is 0 Å². The smallest absolute Gasteiger partial charge is 0.338 e. The van der Waals surface area contributed by atoms with Crippen molar-refractivity contribution in [1.82, 2.24) is 15.1 Å². The average Bonchev–Trinajstić information content (AvgIpc) is 3.13. The lowest BCUT2D eigenvalue weighted by Crippen LogP contribution is -2.36. The number of nitrogens with zero attached hydrogens (tertiary/aromatic N) is 3. The highest BCUT2D eigenvalue weighted by atomic mass is 19.2. The highest BCUT2D eigenvalue weighted by Crippen LogP contribution is 2.15. The maximum absolute atomic E-state index is 13.6. The Labute approximate surface area is 208 Å². The highest BCUT2D eigenvalue weighted by molar-refractivity contribution is 6.10. The van der Waals surface area contributed by atoms with Crippen LogP contribution in [0.1, 0.15) is 51.5 Å². The first-order chi connectivity index (χ1) is 17.2. The fraction of sp³-hybridized carbons (Fsp3) is 0.308. The minimum atomic E-state index is -1.12. The van der Waals surface area contributed by atoms with Crippen LogP contribution in [0.3, 0.4) is 0 Å². The Morgan fingerprint density at radius 1 is 1.03 bits per heavy atom. The van der Waals surface area contributed by atoms with Gasteiger partial charge in [-0.15, -0.1) is 0 Å². The van der Waals surface area contributed by atoms with Crippen LogP contribution in [-0.2, 0) is 17.7 Å². The quantitative estimate of drug-likeness (QED) is 0.273. The van der Waals surface area contributed by atoms with Crippen LogP contribution in [0.25, 0.3) is 0 Å². The molecule has 3 rings (SSSR count). The van der Waals surface area contributed by atoms with Crippen LogP contribution in [-0.4, -0.2) is 40.8 Å². The first-order valence-corrected chi connectivity index (χ1v) is 11.6. The third-order valence-corrected chi connectivity index (χ3v) is 5.54. The Balaban J connectivity index is 1.80. The molecule has 0 unspecified atom stereocenters. The highest BCUT2D eigenvalue weighted by Gasteiger charge is 2.14. The molecule has 36 heavy (non-hydrogen) atoms. The molecular weight excluding hydrogens is 468 g/mol. The number of aryl methyl sites for hydroxylation is 2. The lowest BCUT2D eigenvalue weighted by atomic mass is 10.1. The van der Waals surface area contributed by atoms with Crippen LogP contribution in [0.4, 0.5) is 14.5 Å². The number of hydrogen-bond donors (Lipinski definition) is 2. The summed E-state index contributed by atoms with van der Waals surface area (Å²) in [6.07, 6.45) is 0.589. The van der Waals surface area contributed by atoms with E-state index in [0.717, 1.165) is 35.6 Å². The molecule has 1 heterocycles. The van der Waals surface area contributed by atoms with E-state index in [0.29, 0.717) is 24.2 Å². The van der Waals surface area contributed by atoms with Gasteiger partial charge in [0, 0.05) is 30.0 Å². The SMILES string of the molecule is CCOC(=O)c1ccc(NC(=NCCc2c(C)nn(CC)c2C)NC(=O)c2ccc(F)c(F)c2)cc1. The molecule has 0 bridgehead atoms. The maximum atomic E-state index is 13.6. The number of guanidine groups is 1. The van der Waals surface area contributed by atoms with Crippen molar-refractivity contribution in [1.29, 1.82) is 0 Å². The summed E-state index contributed by atoms with van der Waals surface area (Å²) in [5.41, 5.74) is 3.92. The summed E-state index contributed by atoms with van der Waals surface area (Å²) in [4.78, 5) is 29.1. The van der Waals surface area contributed by atoms with E-state index in [1.54, 1.807) is 31.2 Å². The summed E-state index contributed by atoms with van der Waals surface area (Å²) in [6.45, 7) is 9.03. The van der Waals surface area contributed by atoms with Gasteiger partial charge < -0.3 is 10.1 Å². The van der Waals surface area contributed by atoms with E-state index in [9.17, 15) is 18.4 Å². The standard InChI is InChI=1S/C26H29F2N5O3/c1-5-33-17(4)21(16(3)32-33)13-14-29-26(31-24(34)19-9-12-22(27)23(28)15-19)30-20-10-7-18(8-11-20)25(35)36-6-2/h7-12,15H,5-6,13-14H2,1-4H3,(H2,29,30,31,34). The molecule has 2 aromatic carbocycles. The summed E-state index contributed by atoms with van der Waals surface area (Å²) in [6, 6.07) is 9.35. The van der Waals surface area contributed by atoms with E-state index < -0.39 is 23.5 Å². The predicted molar refractivity (Wildman–Crippen MR) is 133 cm³/mol. The van der Waals surface area contributed by atoms with Crippen molar-refractivity contribution in [2.75, 3.05) is 18.5 Å². The second-order valence-electron chi connectivity index (χ2n) is 7.95. The number of aromatic nitrogens is 2. The van der Waals surface area contributed by atoms with Crippen molar-refractivity contribution in [3.05, 3.63) is 82.2 Å². The summed E-state index contributed by atoms with van der Waals surface area (Å²) in [5.74, 6) is -3.15. The van der Waals surface area contributed by atoms with Gasteiger partial charge in [-0.05, 0) is 82.1 Å². The number of anilines is 1. The number of carbonyl (C=O) groups is 2. The summed E-state index contributed by atoms with van der Waals surface area (Å²) in [5, 5.41) is 10.1. The number of rotatable bonds is 8.